The number of carbonyl (C=O) groups excluding carboxylic acids is 8. The van der Waals surface area contributed by atoms with E-state index in [0.717, 1.165) is 24.0 Å². The van der Waals surface area contributed by atoms with Gasteiger partial charge in [0.05, 0.1) is 47.8 Å². The Labute approximate surface area is 524 Å². The number of alkyl carbamates (subject to hydrolysis) is 2. The van der Waals surface area contributed by atoms with Gasteiger partial charge in [-0.1, -0.05) is 112 Å². The summed E-state index contributed by atoms with van der Waals surface area (Å²) in [7, 11) is 2.34. The fourth-order valence-corrected chi connectivity index (χ4v) is 8.69. The molecule has 0 spiro atoms. The van der Waals surface area contributed by atoms with Crippen molar-refractivity contribution in [2.24, 2.45) is 0 Å². The van der Waals surface area contributed by atoms with Gasteiger partial charge in [0, 0.05) is 48.3 Å². The molecule has 0 radical (unpaired) electrons. The van der Waals surface area contributed by atoms with Gasteiger partial charge < -0.3 is 62.4 Å². The van der Waals surface area contributed by atoms with Crippen LogP contribution in [0.3, 0.4) is 0 Å². The third kappa shape index (κ3) is 21.2. The second kappa shape index (κ2) is 35.3. The van der Waals surface area contributed by atoms with Crippen LogP contribution >= 0.6 is 0 Å². The Morgan fingerprint density at radius 1 is 0.495 bits per heavy atom. The fraction of sp³-hybridized carbons (Fsp3) is 0.290. The van der Waals surface area contributed by atoms with E-state index >= 15 is 0 Å². The largest absolute Gasteiger partial charge is 0.495 e. The molecule has 1 heterocycles. The first-order valence-electron chi connectivity index (χ1n) is 29.3. The molecule has 2 aliphatic rings. The van der Waals surface area contributed by atoms with Crippen molar-refractivity contribution in [1.82, 2.24) is 10.6 Å². The molecule has 91 heavy (non-hydrogen) atoms. The Bertz CT molecular complexity index is 3690. The molecule has 0 saturated carbocycles. The molecule has 1 aliphatic heterocycles. The van der Waals surface area contributed by atoms with Crippen LogP contribution in [0.2, 0.25) is 0 Å². The van der Waals surface area contributed by atoms with Crippen LogP contribution in [0.5, 0.6) is 11.5 Å². The van der Waals surface area contributed by atoms with E-state index in [0.29, 0.717) is 53.7 Å². The van der Waals surface area contributed by atoms with E-state index < -0.39 is 59.7 Å². The third-order valence-electron chi connectivity index (χ3n) is 13.6. The molecule has 0 saturated heterocycles. The van der Waals surface area contributed by atoms with Crippen molar-refractivity contribution >= 4 is 58.6 Å². The molecule has 22 nitrogen and oxygen atoms in total. The highest BCUT2D eigenvalue weighted by atomic mass is 16.6. The van der Waals surface area contributed by atoms with Gasteiger partial charge >= 0.3 is 36.1 Å². The third-order valence-corrected chi connectivity index (χ3v) is 13.6. The first-order chi connectivity index (χ1) is 44.1. The molecule has 22 heteroatoms. The SMILES string of the molecule is CCCC/C(=C/C(=O)c1ccc(C(=O)OCCOc2ccc3c(OCCOC(=O)c4ccc(C(=O)/C=C(/CCCC)OC[C@H](NC(=O)OCc5ccccc5)C(=O)OC)cc4)c4ccc(=O)cc-4oc3c2)cc1)OC[C@H](NC(=O)OCc1ccccc1)C(=O)OC. The summed E-state index contributed by atoms with van der Waals surface area (Å²) in [6, 6.07) is 36.3. The summed E-state index contributed by atoms with van der Waals surface area (Å²) >= 11 is 0. The second-order valence-corrected chi connectivity index (χ2v) is 20.2. The van der Waals surface area contributed by atoms with E-state index in [4.69, 9.17) is 51.8 Å². The van der Waals surface area contributed by atoms with Crippen molar-refractivity contribution in [3.63, 3.8) is 0 Å². The molecule has 1 aliphatic carbocycles. The summed E-state index contributed by atoms with van der Waals surface area (Å²) in [5, 5.41) is 5.41. The number of ether oxygens (including phenoxy) is 10. The number of amides is 2. The van der Waals surface area contributed by atoms with E-state index in [2.05, 4.69) is 10.6 Å². The van der Waals surface area contributed by atoms with Crippen LogP contribution < -0.4 is 25.5 Å². The van der Waals surface area contributed by atoms with Crippen LogP contribution in [0.25, 0.3) is 22.3 Å². The topological polar surface area (TPSA) is 283 Å². The van der Waals surface area contributed by atoms with Gasteiger partial charge in [0.1, 0.15) is 75.7 Å². The first-order valence-corrected chi connectivity index (χ1v) is 29.3. The van der Waals surface area contributed by atoms with E-state index in [-0.39, 0.29) is 97.8 Å². The van der Waals surface area contributed by atoms with Gasteiger partial charge in [-0.15, -0.1) is 0 Å². The summed E-state index contributed by atoms with van der Waals surface area (Å²) in [4.78, 5) is 116. The lowest BCUT2D eigenvalue weighted by Crippen LogP contribution is -2.44. The maximum absolute atomic E-state index is 13.4. The molecule has 0 fully saturated rings. The zero-order chi connectivity index (χ0) is 64.9. The lowest BCUT2D eigenvalue weighted by molar-refractivity contribution is -0.145. The van der Waals surface area contributed by atoms with Crippen LogP contribution in [0.15, 0.2) is 178 Å². The molecule has 0 aromatic heterocycles. The lowest BCUT2D eigenvalue weighted by atomic mass is 10.1. The number of methoxy groups -OCH3 is 2. The number of esters is 4. The number of hydrogen-bond donors (Lipinski definition) is 2. The number of hydrogen-bond acceptors (Lipinski definition) is 20. The molecule has 0 bridgehead atoms. The van der Waals surface area contributed by atoms with Crippen molar-refractivity contribution < 1.29 is 90.1 Å². The van der Waals surface area contributed by atoms with Crippen molar-refractivity contribution in [3.05, 3.63) is 213 Å². The van der Waals surface area contributed by atoms with Gasteiger partial charge in [-0.3, -0.25) is 14.4 Å². The number of nitrogens with one attached hydrogen (secondary N) is 2. The van der Waals surface area contributed by atoms with Gasteiger partial charge in [0.2, 0.25) is 0 Å². The zero-order valence-electron chi connectivity index (χ0n) is 50.7. The van der Waals surface area contributed by atoms with E-state index in [1.54, 1.807) is 72.8 Å². The molecular formula is C69H70N2O20. The fourth-order valence-electron chi connectivity index (χ4n) is 8.69. The predicted molar refractivity (Wildman–Crippen MR) is 330 cm³/mol. The Hall–Kier alpha value is -10.8. The average molecular weight is 1250 g/mol. The minimum absolute atomic E-state index is 0.0211. The standard InChI is InChI=1S/C69H70N2O20/c1-5-7-19-52(87-43-57(66(77)81-3)70-68(79)89-41-45-15-11-9-12-16-45)38-59(73)47-21-25-49(26-22-47)64(75)85-35-33-83-54-30-32-56-62(40-54)91-61-37-51(72)29-31-55(61)63(56)84-34-36-86-65(76)50-27-23-48(24-28-50)60(74)39-53(20-8-6-2)88-44-58(67(78)82-4)71-69(80)90-42-46-17-13-10-14-18-46/h9-18,21-32,37-40,57-58H,5-8,19-20,33-36,41-44H2,1-4H3,(H,70,79)(H,71,80)/b52-38-,53-39-/t57-,58-/m0/s1. The molecule has 0 unspecified atom stereocenters. The summed E-state index contributed by atoms with van der Waals surface area (Å²) in [5.74, 6) is -2.31. The van der Waals surface area contributed by atoms with Crippen molar-refractivity contribution in [2.75, 3.05) is 53.9 Å². The van der Waals surface area contributed by atoms with Crippen molar-refractivity contribution in [3.8, 4) is 22.8 Å². The predicted octanol–water partition coefficient (Wildman–Crippen LogP) is 10.9. The van der Waals surface area contributed by atoms with E-state index in [1.165, 1.54) is 87.0 Å². The average Bonchev–Trinajstić information content (AvgIpc) is 0.855. The van der Waals surface area contributed by atoms with Gasteiger partial charge in [-0.05, 0) is 72.5 Å². The Morgan fingerprint density at radius 3 is 1.42 bits per heavy atom. The highest BCUT2D eigenvalue weighted by molar-refractivity contribution is 6.06. The molecule has 2 amide bonds. The van der Waals surface area contributed by atoms with Gasteiger partial charge in [0.15, 0.2) is 29.1 Å². The van der Waals surface area contributed by atoms with Gasteiger partial charge in [-0.25, -0.2) is 28.8 Å². The van der Waals surface area contributed by atoms with Crippen LogP contribution in [0.4, 0.5) is 9.59 Å². The van der Waals surface area contributed by atoms with Crippen molar-refractivity contribution in [2.45, 2.75) is 77.7 Å². The smallest absolute Gasteiger partial charge is 0.408 e. The number of ketones is 2. The number of allylic oxidation sites excluding steroid dienone is 4. The maximum atomic E-state index is 13.4. The molecular weight excluding hydrogens is 1180 g/mol. The summed E-state index contributed by atoms with van der Waals surface area (Å²) in [5.41, 5.74) is 2.78. The summed E-state index contributed by atoms with van der Waals surface area (Å²) in [6.07, 6.45) is 4.48. The number of fused-ring (bicyclic) bond motifs is 2. The number of unbranched alkanes of at least 4 members (excludes halogenated alkanes) is 2. The first kappa shape index (κ1) is 67.7. The monoisotopic (exact) mass is 1250 g/mol. The van der Waals surface area contributed by atoms with Crippen LogP contribution in [0.1, 0.15) is 105 Å². The number of rotatable bonds is 34. The van der Waals surface area contributed by atoms with Crippen LogP contribution in [0, 0.1) is 0 Å². The summed E-state index contributed by atoms with van der Waals surface area (Å²) in [6.45, 7) is 2.71. The molecule has 2 atom stereocenters. The number of benzene rings is 6. The number of carbonyl (C=O) groups is 8. The minimum atomic E-state index is -1.23. The molecule has 476 valence electrons. The highest BCUT2D eigenvalue weighted by Crippen LogP contribution is 2.40. The second-order valence-electron chi connectivity index (χ2n) is 20.2. The lowest BCUT2D eigenvalue weighted by Gasteiger charge is -2.18. The normalized spacial score (nSPS) is 11.9. The Balaban J connectivity index is 0.884. The van der Waals surface area contributed by atoms with E-state index in [1.807, 2.05) is 26.0 Å². The molecule has 5 aromatic carbocycles. The molecule has 5 aromatic rings. The zero-order valence-corrected chi connectivity index (χ0v) is 50.7. The van der Waals surface area contributed by atoms with Crippen molar-refractivity contribution in [1.29, 1.82) is 0 Å². The van der Waals surface area contributed by atoms with Gasteiger partial charge in [-0.2, -0.15) is 0 Å². The Kier molecular flexibility index (Phi) is 26.3. The minimum Gasteiger partial charge on any atom is -0.495 e. The highest BCUT2D eigenvalue weighted by Gasteiger charge is 2.26. The molecule has 2 N–H and O–H groups in total. The summed E-state index contributed by atoms with van der Waals surface area (Å²) < 4.78 is 61.1. The van der Waals surface area contributed by atoms with Gasteiger partial charge in [0.25, 0.3) is 0 Å². The van der Waals surface area contributed by atoms with Crippen LogP contribution in [-0.2, 0) is 60.7 Å². The molecule has 7 rings (SSSR count). The maximum Gasteiger partial charge on any atom is 0.408 e. The van der Waals surface area contributed by atoms with Crippen LogP contribution in [-0.4, -0.2) is 114 Å². The van der Waals surface area contributed by atoms with E-state index in [9.17, 15) is 43.2 Å². The Morgan fingerprint density at radius 2 is 0.956 bits per heavy atom. The quantitative estimate of drug-likeness (QED) is 0.00721.